The van der Waals surface area contributed by atoms with E-state index < -0.39 is 0 Å². The van der Waals surface area contributed by atoms with E-state index in [2.05, 4.69) is 117 Å². The number of benzene rings is 3. The molecule has 0 aromatic heterocycles. The Morgan fingerprint density at radius 1 is 0.765 bits per heavy atom. The minimum absolute atomic E-state index is 0.536. The topological polar surface area (TPSA) is 0 Å². The van der Waals surface area contributed by atoms with E-state index >= 15 is 0 Å². The molecule has 4 rings (SSSR count). The van der Waals surface area contributed by atoms with Crippen LogP contribution in [0.3, 0.4) is 0 Å². The first-order chi connectivity index (χ1) is 16.7. The molecule has 1 unspecified atom stereocenters. The second-order valence-corrected chi connectivity index (χ2v) is 10.1. The van der Waals surface area contributed by atoms with Gasteiger partial charge in [-0.15, -0.1) is 0 Å². The summed E-state index contributed by atoms with van der Waals surface area (Å²) in [5.41, 5.74) is 6.88. The summed E-state index contributed by atoms with van der Waals surface area (Å²) >= 11 is 0. The fourth-order valence-electron chi connectivity index (χ4n) is 5.37. The lowest BCUT2D eigenvalue weighted by Gasteiger charge is -2.28. The molecule has 1 atom stereocenters. The van der Waals surface area contributed by atoms with Gasteiger partial charge in [-0.3, -0.25) is 0 Å². The van der Waals surface area contributed by atoms with Crippen molar-refractivity contribution in [1.29, 1.82) is 0 Å². The average Bonchev–Trinajstić information content (AvgIpc) is 2.90. The summed E-state index contributed by atoms with van der Waals surface area (Å²) in [5, 5.41) is 0. The van der Waals surface area contributed by atoms with Gasteiger partial charge in [-0.25, -0.2) is 0 Å². The predicted octanol–water partition coefficient (Wildman–Crippen LogP) is 9.83. The molecule has 0 bridgehead atoms. The van der Waals surface area contributed by atoms with Crippen LogP contribution in [-0.4, -0.2) is 0 Å². The lowest BCUT2D eigenvalue weighted by atomic mass is 9.77. The zero-order valence-electron chi connectivity index (χ0n) is 21.0. The van der Waals surface area contributed by atoms with Crippen molar-refractivity contribution in [2.75, 3.05) is 0 Å². The van der Waals surface area contributed by atoms with Crippen molar-refractivity contribution in [3.63, 3.8) is 0 Å². The summed E-state index contributed by atoms with van der Waals surface area (Å²) in [6.07, 6.45) is 18.2. The first kappa shape index (κ1) is 24.3. The van der Waals surface area contributed by atoms with E-state index in [9.17, 15) is 0 Å². The van der Waals surface area contributed by atoms with E-state index in [1.54, 1.807) is 0 Å². The van der Waals surface area contributed by atoms with E-state index in [1.165, 1.54) is 66.3 Å². The van der Waals surface area contributed by atoms with Gasteiger partial charge in [0.1, 0.15) is 0 Å². The Morgan fingerprint density at radius 2 is 1.38 bits per heavy atom. The van der Waals surface area contributed by atoms with Gasteiger partial charge in [0, 0.05) is 0 Å². The van der Waals surface area contributed by atoms with Crippen LogP contribution in [0.4, 0.5) is 0 Å². The van der Waals surface area contributed by atoms with Gasteiger partial charge in [-0.05, 0) is 97.4 Å². The Kier molecular flexibility index (Phi) is 8.97. The monoisotopic (exact) mass is 448 g/mol. The van der Waals surface area contributed by atoms with Crippen molar-refractivity contribution >= 4 is 12.2 Å². The molecule has 0 heterocycles. The third-order valence-corrected chi connectivity index (χ3v) is 7.59. The van der Waals surface area contributed by atoms with Crippen molar-refractivity contribution in [3.05, 3.63) is 119 Å². The van der Waals surface area contributed by atoms with E-state index in [0.717, 1.165) is 18.3 Å². The normalized spacial score (nSPS) is 19.6. The van der Waals surface area contributed by atoms with Crippen molar-refractivity contribution in [2.24, 2.45) is 5.92 Å². The molecule has 0 heteroatoms. The SMILES string of the molecule is C/C=C/CCC1CCC(c2ccc(/C=C/c3ccc(CC(C)c4ccccc4)cc3)cc2)CC1. The molecule has 3 aromatic rings. The van der Waals surface area contributed by atoms with Crippen molar-refractivity contribution in [1.82, 2.24) is 0 Å². The second-order valence-electron chi connectivity index (χ2n) is 10.1. The van der Waals surface area contributed by atoms with Gasteiger partial charge in [-0.2, -0.15) is 0 Å². The smallest absolute Gasteiger partial charge is 0.0150 e. The summed E-state index contributed by atoms with van der Waals surface area (Å²) in [4.78, 5) is 0. The molecule has 0 nitrogen and oxygen atoms in total. The highest BCUT2D eigenvalue weighted by Crippen LogP contribution is 2.37. The van der Waals surface area contributed by atoms with Gasteiger partial charge in [-0.1, -0.05) is 110 Å². The molecule has 3 aromatic carbocycles. The Morgan fingerprint density at radius 3 is 2.00 bits per heavy atom. The fraction of sp³-hybridized carbons (Fsp3) is 0.353. The van der Waals surface area contributed by atoms with Crippen LogP contribution in [0.25, 0.3) is 12.2 Å². The maximum absolute atomic E-state index is 2.36. The molecular formula is C34H40. The molecule has 34 heavy (non-hydrogen) atoms. The third kappa shape index (κ3) is 7.07. The zero-order valence-corrected chi connectivity index (χ0v) is 21.0. The maximum Gasteiger partial charge on any atom is -0.0150 e. The molecule has 176 valence electrons. The number of hydrogen-bond donors (Lipinski definition) is 0. The Bertz CT molecular complexity index is 1030. The standard InChI is InChI=1S/C34H40/c1-3-4-6-9-28-18-22-33(23-19-28)34-24-20-30(21-25-34)13-12-29-14-16-31(17-15-29)26-27(2)32-10-7-5-8-11-32/h3-5,7-8,10-17,20-21,24-25,27-28,33H,6,9,18-19,22-23,26H2,1-2H3/b4-3+,13-12+. The highest BCUT2D eigenvalue weighted by Gasteiger charge is 2.21. The first-order valence-electron chi connectivity index (χ1n) is 13.2. The minimum atomic E-state index is 0.536. The summed E-state index contributed by atoms with van der Waals surface area (Å²) in [5.74, 6) is 2.22. The molecule has 1 fully saturated rings. The summed E-state index contributed by atoms with van der Waals surface area (Å²) in [7, 11) is 0. The molecule has 1 saturated carbocycles. The van der Waals surface area contributed by atoms with Crippen molar-refractivity contribution in [2.45, 2.75) is 70.6 Å². The third-order valence-electron chi connectivity index (χ3n) is 7.59. The van der Waals surface area contributed by atoms with Crippen molar-refractivity contribution < 1.29 is 0 Å². The molecule has 0 spiro atoms. The van der Waals surface area contributed by atoms with E-state index in [0.29, 0.717) is 5.92 Å². The van der Waals surface area contributed by atoms with Gasteiger partial charge in [0.15, 0.2) is 0 Å². The lowest BCUT2D eigenvalue weighted by Crippen LogP contribution is -2.13. The van der Waals surface area contributed by atoms with E-state index in [4.69, 9.17) is 0 Å². The number of hydrogen-bond acceptors (Lipinski definition) is 0. The van der Waals surface area contributed by atoms with E-state index in [1.807, 2.05) is 0 Å². The van der Waals surface area contributed by atoms with Gasteiger partial charge in [0.25, 0.3) is 0 Å². The van der Waals surface area contributed by atoms with Crippen LogP contribution in [0.15, 0.2) is 91.0 Å². The second kappa shape index (κ2) is 12.6. The van der Waals surface area contributed by atoms with Crippen LogP contribution < -0.4 is 0 Å². The molecule has 1 aliphatic rings. The van der Waals surface area contributed by atoms with Crippen LogP contribution >= 0.6 is 0 Å². The Balaban J connectivity index is 1.27. The predicted molar refractivity (Wildman–Crippen MR) is 149 cm³/mol. The zero-order chi connectivity index (χ0) is 23.6. The van der Waals surface area contributed by atoms with Crippen LogP contribution in [0.2, 0.25) is 0 Å². The molecular weight excluding hydrogens is 408 g/mol. The molecule has 0 N–H and O–H groups in total. The van der Waals surface area contributed by atoms with Gasteiger partial charge < -0.3 is 0 Å². The summed E-state index contributed by atoms with van der Waals surface area (Å²) in [6.45, 7) is 4.43. The molecule has 0 amide bonds. The Hall–Kier alpha value is -2.86. The number of rotatable bonds is 9. The minimum Gasteiger partial charge on any atom is -0.0917 e. The molecule has 0 radical (unpaired) electrons. The van der Waals surface area contributed by atoms with Gasteiger partial charge >= 0.3 is 0 Å². The fourth-order valence-corrected chi connectivity index (χ4v) is 5.37. The van der Waals surface area contributed by atoms with Gasteiger partial charge in [0.05, 0.1) is 0 Å². The van der Waals surface area contributed by atoms with Crippen LogP contribution in [0, 0.1) is 5.92 Å². The number of allylic oxidation sites excluding steroid dienone is 2. The largest absolute Gasteiger partial charge is 0.0917 e. The molecule has 0 saturated heterocycles. The molecule has 1 aliphatic carbocycles. The van der Waals surface area contributed by atoms with Crippen LogP contribution in [-0.2, 0) is 6.42 Å². The quantitative estimate of drug-likeness (QED) is 0.226. The van der Waals surface area contributed by atoms with E-state index in [-0.39, 0.29) is 0 Å². The average molecular weight is 449 g/mol. The van der Waals surface area contributed by atoms with Crippen LogP contribution in [0.5, 0.6) is 0 Å². The Labute approximate surface area is 207 Å². The summed E-state index contributed by atoms with van der Waals surface area (Å²) in [6, 6.07) is 29.1. The van der Waals surface area contributed by atoms with Gasteiger partial charge in [0.2, 0.25) is 0 Å². The van der Waals surface area contributed by atoms with Crippen LogP contribution in [0.1, 0.15) is 92.0 Å². The first-order valence-corrected chi connectivity index (χ1v) is 13.2. The van der Waals surface area contributed by atoms with Crippen molar-refractivity contribution in [3.8, 4) is 0 Å². The highest BCUT2D eigenvalue weighted by atomic mass is 14.3. The lowest BCUT2D eigenvalue weighted by molar-refractivity contribution is 0.312. The highest BCUT2D eigenvalue weighted by molar-refractivity contribution is 5.69. The summed E-state index contributed by atoms with van der Waals surface area (Å²) < 4.78 is 0. The molecule has 0 aliphatic heterocycles. The maximum atomic E-state index is 2.36.